The lowest BCUT2D eigenvalue weighted by Gasteiger charge is -2.13. The molecule has 0 fully saturated rings. The van der Waals surface area contributed by atoms with E-state index in [1.54, 1.807) is 0 Å². The van der Waals surface area contributed by atoms with Crippen molar-refractivity contribution in [2.24, 2.45) is 0 Å². The highest BCUT2D eigenvalue weighted by atomic mass is 32.1. The summed E-state index contributed by atoms with van der Waals surface area (Å²) in [5.74, 6) is 0. The van der Waals surface area contributed by atoms with Crippen LogP contribution in [-0.4, -0.2) is 4.57 Å². The van der Waals surface area contributed by atoms with Gasteiger partial charge in [-0.2, -0.15) is 0 Å². The normalized spacial score (nSPS) is 13.1. The Bertz CT molecular complexity index is 2670. The number of nitrogens with zero attached hydrogens (tertiary/aromatic N) is 1. The van der Waals surface area contributed by atoms with Crippen LogP contribution in [-0.2, 0) is 0 Å². The fourth-order valence-electron chi connectivity index (χ4n) is 7.59. The van der Waals surface area contributed by atoms with Crippen molar-refractivity contribution in [3.63, 3.8) is 0 Å². The van der Waals surface area contributed by atoms with Crippen LogP contribution in [0, 0.1) is 0 Å². The highest BCUT2D eigenvalue weighted by Crippen LogP contribution is 2.37. The molecule has 0 amide bonds. The van der Waals surface area contributed by atoms with Gasteiger partial charge in [-0.25, -0.2) is 0 Å². The fraction of sp³-hybridized carbons (Fsp3) is 0.0400. The third kappa shape index (κ3) is 6.52. The summed E-state index contributed by atoms with van der Waals surface area (Å²) in [5.41, 5.74) is 22.3. The maximum absolute atomic E-state index is 6.29. The van der Waals surface area contributed by atoms with Crippen LogP contribution in [0.25, 0.3) is 67.0 Å². The number of hydrogen-bond acceptors (Lipinski definition) is 2. The summed E-state index contributed by atoms with van der Waals surface area (Å²) in [6.07, 6.45) is 11.4. The van der Waals surface area contributed by atoms with Gasteiger partial charge in [0.2, 0.25) is 0 Å². The van der Waals surface area contributed by atoms with Crippen LogP contribution in [0.15, 0.2) is 187 Å². The first-order valence-electron chi connectivity index (χ1n) is 18.2. The summed E-state index contributed by atoms with van der Waals surface area (Å²) in [6, 6.07) is 58.7. The first-order valence-corrected chi connectivity index (χ1v) is 18.6. The highest BCUT2D eigenvalue weighted by Gasteiger charge is 2.15. The van der Waals surface area contributed by atoms with Gasteiger partial charge in [-0.05, 0) is 105 Å². The Morgan fingerprint density at radius 1 is 0.547 bits per heavy atom. The predicted octanol–water partition coefficient (Wildman–Crippen LogP) is 13.3. The molecule has 53 heavy (non-hydrogen) atoms. The van der Waals surface area contributed by atoms with Gasteiger partial charge in [0.25, 0.3) is 0 Å². The maximum Gasteiger partial charge on any atom is 0.0547 e. The molecule has 0 saturated carbocycles. The number of para-hydroxylation sites is 1. The molecule has 1 heterocycles. The lowest BCUT2D eigenvalue weighted by Crippen LogP contribution is -1.96. The van der Waals surface area contributed by atoms with Crippen LogP contribution in [0.1, 0.15) is 35.1 Å². The Morgan fingerprint density at radius 2 is 1.17 bits per heavy atom. The van der Waals surface area contributed by atoms with E-state index >= 15 is 0 Å². The molecule has 7 aromatic carbocycles. The van der Waals surface area contributed by atoms with Crippen molar-refractivity contribution >= 4 is 57.3 Å². The number of allylic oxidation sites excluding steroid dienone is 4. The highest BCUT2D eigenvalue weighted by molar-refractivity contribution is 7.80. The Morgan fingerprint density at radius 3 is 1.89 bits per heavy atom. The fourth-order valence-corrected chi connectivity index (χ4v) is 7.87. The standard InChI is InChI=1S/C50H38N2S/c51-43-31-44(33-45(53)32-43)52-49-14-8-7-13-46(49)47-28-27-42(30-50(47)52)39-17-15-34(16-18-39)29-48(40-23-19-37(20-24-40)35-9-3-1-4-10-35)41-25-21-38(22-26-41)36-11-5-2-6-12-36/h1,3-5,7-33,53H,2,6,51H2/b48-29+. The zero-order valence-corrected chi connectivity index (χ0v) is 30.2. The molecule has 1 aliphatic rings. The molecule has 0 radical (unpaired) electrons. The van der Waals surface area contributed by atoms with Gasteiger partial charge in [-0.15, -0.1) is 12.6 Å². The number of rotatable bonds is 7. The average molecular weight is 699 g/mol. The van der Waals surface area contributed by atoms with Crippen LogP contribution in [0.2, 0.25) is 0 Å². The van der Waals surface area contributed by atoms with Crippen molar-refractivity contribution < 1.29 is 0 Å². The summed E-state index contributed by atoms with van der Waals surface area (Å²) in [7, 11) is 0. The van der Waals surface area contributed by atoms with E-state index in [0.717, 1.165) is 51.1 Å². The molecule has 2 nitrogen and oxygen atoms in total. The molecule has 0 unspecified atom stereocenters. The summed E-state index contributed by atoms with van der Waals surface area (Å²) in [6.45, 7) is 0. The van der Waals surface area contributed by atoms with E-state index in [9.17, 15) is 0 Å². The maximum atomic E-state index is 6.29. The Hall–Kier alpha value is -6.29. The average Bonchev–Trinajstić information content (AvgIpc) is 3.54. The van der Waals surface area contributed by atoms with Gasteiger partial charge in [0.1, 0.15) is 0 Å². The monoisotopic (exact) mass is 698 g/mol. The van der Waals surface area contributed by atoms with Crippen LogP contribution >= 0.6 is 12.6 Å². The van der Waals surface area contributed by atoms with E-state index in [1.807, 2.05) is 12.1 Å². The van der Waals surface area contributed by atoms with Crippen molar-refractivity contribution in [1.82, 2.24) is 4.57 Å². The minimum absolute atomic E-state index is 0.694. The predicted molar refractivity (Wildman–Crippen MR) is 230 cm³/mol. The molecule has 0 saturated heterocycles. The third-order valence-electron chi connectivity index (χ3n) is 10.2. The lowest BCUT2D eigenvalue weighted by atomic mass is 9.91. The number of fused-ring (bicyclic) bond motifs is 3. The molecule has 3 heteroatoms. The molecular weight excluding hydrogens is 661 g/mol. The molecule has 0 aliphatic heterocycles. The summed E-state index contributed by atoms with van der Waals surface area (Å²) < 4.78 is 2.29. The van der Waals surface area contributed by atoms with E-state index in [-0.39, 0.29) is 0 Å². The molecule has 0 spiro atoms. The topological polar surface area (TPSA) is 30.9 Å². The third-order valence-corrected chi connectivity index (χ3v) is 10.5. The minimum Gasteiger partial charge on any atom is -0.399 e. The molecule has 1 aromatic heterocycles. The van der Waals surface area contributed by atoms with Gasteiger partial charge in [0, 0.05) is 27.0 Å². The smallest absolute Gasteiger partial charge is 0.0547 e. The first-order chi connectivity index (χ1) is 26.1. The molecule has 2 N–H and O–H groups in total. The molecule has 0 bridgehead atoms. The van der Waals surface area contributed by atoms with Crippen LogP contribution in [0.5, 0.6) is 0 Å². The molecule has 1 aliphatic carbocycles. The van der Waals surface area contributed by atoms with E-state index in [0.29, 0.717) is 5.69 Å². The van der Waals surface area contributed by atoms with Crippen molar-refractivity contribution in [2.75, 3.05) is 5.73 Å². The molecule has 0 atom stereocenters. The van der Waals surface area contributed by atoms with Crippen LogP contribution < -0.4 is 5.73 Å². The summed E-state index contributed by atoms with van der Waals surface area (Å²) in [4.78, 5) is 0.840. The molecular formula is C50H38N2S. The number of benzene rings is 7. The number of thiol groups is 1. The molecule has 9 rings (SSSR count). The Kier molecular flexibility index (Phi) is 8.63. The largest absolute Gasteiger partial charge is 0.399 e. The number of nitrogens with two attached hydrogens (primary N) is 1. The Labute approximate surface area is 316 Å². The summed E-state index contributed by atoms with van der Waals surface area (Å²) >= 11 is 4.64. The van der Waals surface area contributed by atoms with Gasteiger partial charge in [-0.1, -0.05) is 152 Å². The van der Waals surface area contributed by atoms with Crippen molar-refractivity contribution in [2.45, 2.75) is 17.7 Å². The number of aromatic nitrogens is 1. The van der Waals surface area contributed by atoms with Gasteiger partial charge in [0.15, 0.2) is 0 Å². The second-order valence-electron chi connectivity index (χ2n) is 13.7. The van der Waals surface area contributed by atoms with Crippen molar-refractivity contribution in [1.29, 1.82) is 0 Å². The van der Waals surface area contributed by atoms with Gasteiger partial charge >= 0.3 is 0 Å². The van der Waals surface area contributed by atoms with Crippen LogP contribution in [0.4, 0.5) is 5.69 Å². The molecule has 8 aromatic rings. The van der Waals surface area contributed by atoms with Gasteiger partial charge < -0.3 is 10.3 Å². The van der Waals surface area contributed by atoms with Crippen LogP contribution in [0.3, 0.4) is 0 Å². The second kappa shape index (κ2) is 14.0. The Balaban J connectivity index is 1.10. The van der Waals surface area contributed by atoms with E-state index in [2.05, 4.69) is 193 Å². The lowest BCUT2D eigenvalue weighted by molar-refractivity contribution is 1.04. The number of nitrogen functional groups attached to an aromatic ring is 1. The van der Waals surface area contributed by atoms with Crippen molar-refractivity contribution in [3.8, 4) is 27.9 Å². The number of anilines is 1. The zero-order chi connectivity index (χ0) is 35.7. The summed E-state index contributed by atoms with van der Waals surface area (Å²) in [5, 5.41) is 2.42. The van der Waals surface area contributed by atoms with E-state index in [1.165, 1.54) is 49.7 Å². The van der Waals surface area contributed by atoms with E-state index < -0.39 is 0 Å². The van der Waals surface area contributed by atoms with Crippen molar-refractivity contribution in [3.05, 3.63) is 204 Å². The minimum atomic E-state index is 0.694. The number of hydrogen-bond donors (Lipinski definition) is 2. The van der Waals surface area contributed by atoms with E-state index in [4.69, 9.17) is 5.73 Å². The second-order valence-corrected chi connectivity index (χ2v) is 14.2. The SMILES string of the molecule is Nc1cc(S)cc(-n2c3ccccc3c3ccc(-c4ccc(/C=C(/c5ccc(C6=CCCC=C6)cc5)c5ccc(-c6ccccc6)cc5)cc4)cc32)c1. The molecule has 254 valence electrons. The zero-order valence-electron chi connectivity index (χ0n) is 29.3. The van der Waals surface area contributed by atoms with Gasteiger partial charge in [-0.3, -0.25) is 0 Å². The quantitative estimate of drug-likeness (QED) is 0.0969. The van der Waals surface area contributed by atoms with Gasteiger partial charge in [0.05, 0.1) is 11.0 Å². The first kappa shape index (κ1) is 32.6.